The summed E-state index contributed by atoms with van der Waals surface area (Å²) in [6.45, 7) is 0. The number of anilines is 2. The highest BCUT2D eigenvalue weighted by Gasteiger charge is 2.10. The van der Waals surface area contributed by atoms with Crippen LogP contribution in [0.15, 0.2) is 42.5 Å². The molecular weight excluding hydrogens is 235 g/mol. The van der Waals surface area contributed by atoms with E-state index < -0.39 is 11.7 Å². The van der Waals surface area contributed by atoms with Gasteiger partial charge >= 0.3 is 0 Å². The third-order valence-electron chi connectivity index (χ3n) is 2.41. The second-order valence-electron chi connectivity index (χ2n) is 3.71. The smallest absolute Gasteiger partial charge is 0.255 e. The van der Waals surface area contributed by atoms with E-state index in [9.17, 15) is 14.3 Å². The van der Waals surface area contributed by atoms with Crippen molar-refractivity contribution in [3.8, 4) is 5.75 Å². The number of hydrogen-bond acceptors (Lipinski definition) is 3. The molecule has 2 rings (SSSR count). The number of nitrogens with two attached hydrogens (primary N) is 1. The minimum atomic E-state index is -0.516. The van der Waals surface area contributed by atoms with Crippen molar-refractivity contribution < 1.29 is 14.3 Å². The summed E-state index contributed by atoms with van der Waals surface area (Å²) in [4.78, 5) is 11.8. The Morgan fingerprint density at radius 3 is 2.61 bits per heavy atom. The van der Waals surface area contributed by atoms with E-state index in [2.05, 4.69) is 5.32 Å². The lowest BCUT2D eigenvalue weighted by atomic mass is 10.1. The Hall–Kier alpha value is -2.56. The van der Waals surface area contributed by atoms with Gasteiger partial charge in [0, 0.05) is 5.56 Å². The van der Waals surface area contributed by atoms with E-state index in [0.717, 1.165) is 0 Å². The van der Waals surface area contributed by atoms with Crippen LogP contribution >= 0.6 is 0 Å². The van der Waals surface area contributed by atoms with Crippen molar-refractivity contribution in [3.63, 3.8) is 0 Å². The Labute approximate surface area is 103 Å². The molecule has 2 aromatic carbocycles. The van der Waals surface area contributed by atoms with Gasteiger partial charge in [0.25, 0.3) is 5.91 Å². The van der Waals surface area contributed by atoms with Crippen LogP contribution in [0.25, 0.3) is 0 Å². The van der Waals surface area contributed by atoms with Gasteiger partial charge in [0.15, 0.2) is 0 Å². The van der Waals surface area contributed by atoms with Crippen molar-refractivity contribution in [3.05, 3.63) is 53.8 Å². The van der Waals surface area contributed by atoms with Crippen molar-refractivity contribution in [2.45, 2.75) is 0 Å². The number of phenolic OH excluding ortho intramolecular Hbond substituents is 1. The van der Waals surface area contributed by atoms with E-state index in [1.54, 1.807) is 6.07 Å². The predicted octanol–water partition coefficient (Wildman–Crippen LogP) is 2.37. The molecule has 0 saturated carbocycles. The Morgan fingerprint density at radius 1 is 1.22 bits per heavy atom. The maximum atomic E-state index is 13.3. The summed E-state index contributed by atoms with van der Waals surface area (Å²) >= 11 is 0. The van der Waals surface area contributed by atoms with E-state index in [1.165, 1.54) is 36.4 Å². The van der Waals surface area contributed by atoms with Crippen molar-refractivity contribution >= 4 is 17.3 Å². The van der Waals surface area contributed by atoms with Gasteiger partial charge in [-0.2, -0.15) is 0 Å². The molecule has 0 aliphatic rings. The van der Waals surface area contributed by atoms with Crippen molar-refractivity contribution in [1.82, 2.24) is 0 Å². The molecule has 0 bridgehead atoms. The molecule has 2 aromatic rings. The van der Waals surface area contributed by atoms with Crippen molar-refractivity contribution in [2.24, 2.45) is 0 Å². The lowest BCUT2D eigenvalue weighted by molar-refractivity contribution is 0.102. The number of rotatable bonds is 2. The van der Waals surface area contributed by atoms with Crippen molar-refractivity contribution in [2.75, 3.05) is 11.1 Å². The molecule has 0 aliphatic heterocycles. The van der Waals surface area contributed by atoms with Gasteiger partial charge in [-0.15, -0.1) is 0 Å². The molecule has 92 valence electrons. The molecule has 0 radical (unpaired) electrons. The van der Waals surface area contributed by atoms with Gasteiger partial charge in [0.05, 0.1) is 11.4 Å². The summed E-state index contributed by atoms with van der Waals surface area (Å²) < 4.78 is 13.3. The van der Waals surface area contributed by atoms with Crippen LogP contribution in [0.3, 0.4) is 0 Å². The van der Waals surface area contributed by atoms with Crippen LogP contribution in [0, 0.1) is 5.82 Å². The zero-order valence-electron chi connectivity index (χ0n) is 9.35. The first-order valence-corrected chi connectivity index (χ1v) is 5.22. The van der Waals surface area contributed by atoms with E-state index >= 15 is 0 Å². The minimum absolute atomic E-state index is 0.0918. The molecular formula is C13H11FN2O2. The molecule has 0 aromatic heterocycles. The third kappa shape index (κ3) is 2.40. The molecule has 0 unspecified atom stereocenters. The van der Waals surface area contributed by atoms with E-state index in [-0.39, 0.29) is 22.7 Å². The molecule has 18 heavy (non-hydrogen) atoms. The molecule has 0 aliphatic carbocycles. The molecule has 0 heterocycles. The minimum Gasteiger partial charge on any atom is -0.506 e. The van der Waals surface area contributed by atoms with E-state index in [0.29, 0.717) is 0 Å². The first-order chi connectivity index (χ1) is 8.58. The van der Waals surface area contributed by atoms with Gasteiger partial charge in [-0.25, -0.2) is 4.39 Å². The van der Waals surface area contributed by atoms with Crippen LogP contribution < -0.4 is 11.1 Å². The predicted molar refractivity (Wildman–Crippen MR) is 66.9 cm³/mol. The number of carbonyl (C=O) groups is 1. The molecule has 0 atom stereocenters. The highest BCUT2D eigenvalue weighted by atomic mass is 19.1. The number of aromatic hydroxyl groups is 1. The highest BCUT2D eigenvalue weighted by molar-refractivity contribution is 6.05. The topological polar surface area (TPSA) is 75.4 Å². The first-order valence-electron chi connectivity index (χ1n) is 5.22. The molecule has 5 heteroatoms. The summed E-state index contributed by atoms with van der Waals surface area (Å²) in [5, 5.41) is 11.7. The Balaban J connectivity index is 2.22. The number of hydrogen-bond donors (Lipinski definition) is 3. The fourth-order valence-electron chi connectivity index (χ4n) is 1.45. The number of nitrogen functional groups attached to an aromatic ring is 1. The molecule has 0 spiro atoms. The van der Waals surface area contributed by atoms with Crippen molar-refractivity contribution in [1.29, 1.82) is 0 Å². The van der Waals surface area contributed by atoms with Crippen LogP contribution in [0.2, 0.25) is 0 Å². The number of nitrogens with one attached hydrogen (secondary N) is 1. The maximum absolute atomic E-state index is 13.3. The summed E-state index contributed by atoms with van der Waals surface area (Å²) in [5.41, 5.74) is 5.91. The van der Waals surface area contributed by atoms with E-state index in [4.69, 9.17) is 5.73 Å². The zero-order valence-corrected chi connectivity index (χ0v) is 9.35. The Kier molecular flexibility index (Phi) is 3.14. The second kappa shape index (κ2) is 4.75. The van der Waals surface area contributed by atoms with Gasteiger partial charge in [0.1, 0.15) is 11.6 Å². The average molecular weight is 246 g/mol. The molecule has 1 amide bonds. The fourth-order valence-corrected chi connectivity index (χ4v) is 1.45. The van der Waals surface area contributed by atoms with Crippen LogP contribution in [0.5, 0.6) is 5.75 Å². The normalized spacial score (nSPS) is 10.1. The lowest BCUT2D eigenvalue weighted by Gasteiger charge is -2.07. The summed E-state index contributed by atoms with van der Waals surface area (Å²) in [7, 11) is 0. The third-order valence-corrected chi connectivity index (χ3v) is 2.41. The standard InChI is InChI=1S/C13H11FN2O2/c14-9-3-1-2-4-11(9)16-13(18)8-5-6-12(17)10(15)7-8/h1-7,17H,15H2,(H,16,18). The highest BCUT2D eigenvalue weighted by Crippen LogP contribution is 2.21. The summed E-state index contributed by atoms with van der Waals surface area (Å²) in [5.74, 6) is -1.11. The Morgan fingerprint density at radius 2 is 1.94 bits per heavy atom. The average Bonchev–Trinajstić information content (AvgIpc) is 2.35. The van der Waals surface area contributed by atoms with Crippen LogP contribution in [0.1, 0.15) is 10.4 Å². The lowest BCUT2D eigenvalue weighted by Crippen LogP contribution is -2.13. The van der Waals surface area contributed by atoms with Crippen LogP contribution in [-0.2, 0) is 0 Å². The van der Waals surface area contributed by atoms with Crippen LogP contribution in [-0.4, -0.2) is 11.0 Å². The van der Waals surface area contributed by atoms with Crippen LogP contribution in [0.4, 0.5) is 15.8 Å². The molecule has 0 fully saturated rings. The number of halogens is 1. The van der Waals surface area contributed by atoms with E-state index in [1.807, 2.05) is 0 Å². The first kappa shape index (κ1) is 11.9. The van der Waals surface area contributed by atoms with Gasteiger partial charge in [-0.1, -0.05) is 12.1 Å². The maximum Gasteiger partial charge on any atom is 0.255 e. The quantitative estimate of drug-likeness (QED) is 0.562. The SMILES string of the molecule is Nc1cc(C(=O)Nc2ccccc2F)ccc1O. The molecule has 4 nitrogen and oxygen atoms in total. The number of carbonyl (C=O) groups excluding carboxylic acids is 1. The summed E-state index contributed by atoms with van der Waals surface area (Å²) in [6, 6.07) is 9.89. The monoisotopic (exact) mass is 246 g/mol. The summed E-state index contributed by atoms with van der Waals surface area (Å²) in [6.07, 6.45) is 0. The number of para-hydroxylation sites is 1. The van der Waals surface area contributed by atoms with Gasteiger partial charge < -0.3 is 16.2 Å². The molecule has 0 saturated heterocycles. The zero-order chi connectivity index (χ0) is 13.1. The van der Waals surface area contributed by atoms with Gasteiger partial charge in [-0.05, 0) is 30.3 Å². The second-order valence-corrected chi connectivity index (χ2v) is 3.71. The largest absolute Gasteiger partial charge is 0.506 e. The number of phenols is 1. The van der Waals surface area contributed by atoms with Gasteiger partial charge in [-0.3, -0.25) is 4.79 Å². The van der Waals surface area contributed by atoms with Gasteiger partial charge in [0.2, 0.25) is 0 Å². The Bertz CT molecular complexity index is 599. The number of amides is 1. The molecule has 4 N–H and O–H groups in total. The number of benzene rings is 2. The fraction of sp³-hybridized carbons (Fsp3) is 0.